The SMILES string of the molecule is COc1cc([N+](=O)[O-])ccc1NC(=O)COC(=O)c1ccccc1. The van der Waals surface area contributed by atoms with Crippen LogP contribution in [0.25, 0.3) is 0 Å². The van der Waals surface area contributed by atoms with E-state index in [1.54, 1.807) is 30.3 Å². The third-order valence-corrected chi connectivity index (χ3v) is 3.01. The zero-order chi connectivity index (χ0) is 17.5. The maximum Gasteiger partial charge on any atom is 0.338 e. The van der Waals surface area contributed by atoms with Crippen molar-refractivity contribution in [3.05, 3.63) is 64.2 Å². The highest BCUT2D eigenvalue weighted by molar-refractivity contribution is 5.96. The summed E-state index contributed by atoms with van der Waals surface area (Å²) in [5, 5.41) is 13.2. The number of anilines is 1. The molecule has 124 valence electrons. The van der Waals surface area contributed by atoms with Crippen molar-refractivity contribution in [2.75, 3.05) is 19.0 Å². The molecule has 2 rings (SSSR count). The summed E-state index contributed by atoms with van der Waals surface area (Å²) in [6.45, 7) is -0.492. The lowest BCUT2D eigenvalue weighted by atomic mass is 10.2. The Bertz CT molecular complexity index is 760. The molecule has 0 aliphatic heterocycles. The van der Waals surface area contributed by atoms with E-state index in [0.29, 0.717) is 5.56 Å². The van der Waals surface area contributed by atoms with Crippen LogP contribution in [0.5, 0.6) is 5.75 Å². The minimum absolute atomic E-state index is 0.131. The van der Waals surface area contributed by atoms with Gasteiger partial charge in [-0.2, -0.15) is 0 Å². The molecule has 1 N–H and O–H groups in total. The van der Waals surface area contributed by atoms with E-state index in [-0.39, 0.29) is 17.1 Å². The number of non-ortho nitro benzene ring substituents is 1. The van der Waals surface area contributed by atoms with Crippen LogP contribution in [0.1, 0.15) is 10.4 Å². The van der Waals surface area contributed by atoms with Crippen LogP contribution in [-0.4, -0.2) is 30.5 Å². The van der Waals surface area contributed by atoms with Crippen molar-refractivity contribution >= 4 is 23.3 Å². The average molecular weight is 330 g/mol. The van der Waals surface area contributed by atoms with Gasteiger partial charge in [-0.05, 0) is 18.2 Å². The van der Waals surface area contributed by atoms with Gasteiger partial charge in [-0.3, -0.25) is 14.9 Å². The normalized spacial score (nSPS) is 9.88. The smallest absolute Gasteiger partial charge is 0.338 e. The summed E-state index contributed by atoms with van der Waals surface area (Å²) in [4.78, 5) is 33.7. The number of amides is 1. The molecule has 0 aliphatic carbocycles. The standard InChI is InChI=1S/C16H14N2O6/c1-23-14-9-12(18(21)22)7-8-13(14)17-15(19)10-24-16(20)11-5-3-2-4-6-11/h2-9H,10H2,1H3,(H,17,19). The number of carbonyl (C=O) groups is 2. The summed E-state index contributed by atoms with van der Waals surface area (Å²) in [6.07, 6.45) is 0. The molecule has 1 amide bonds. The number of nitro benzene ring substituents is 1. The van der Waals surface area contributed by atoms with Crippen LogP contribution in [0.4, 0.5) is 11.4 Å². The molecule has 8 nitrogen and oxygen atoms in total. The Hall–Kier alpha value is -3.42. The van der Waals surface area contributed by atoms with Gasteiger partial charge in [0.15, 0.2) is 6.61 Å². The molecule has 0 saturated carbocycles. The molecule has 2 aromatic rings. The molecule has 0 saturated heterocycles. The molecule has 2 aromatic carbocycles. The Morgan fingerprint density at radius 1 is 1.17 bits per heavy atom. The van der Waals surface area contributed by atoms with E-state index in [9.17, 15) is 19.7 Å². The topological polar surface area (TPSA) is 108 Å². The number of benzene rings is 2. The Kier molecular flexibility index (Phi) is 5.45. The van der Waals surface area contributed by atoms with Crippen LogP contribution in [0.3, 0.4) is 0 Å². The Morgan fingerprint density at radius 2 is 1.88 bits per heavy atom. The highest BCUT2D eigenvalue weighted by Gasteiger charge is 2.15. The minimum Gasteiger partial charge on any atom is -0.494 e. The van der Waals surface area contributed by atoms with Gasteiger partial charge < -0.3 is 14.8 Å². The van der Waals surface area contributed by atoms with E-state index in [0.717, 1.165) is 0 Å². The molecule has 0 spiro atoms. The summed E-state index contributed by atoms with van der Waals surface area (Å²) < 4.78 is 9.90. The Labute approximate surface area is 137 Å². The maximum absolute atomic E-state index is 11.9. The van der Waals surface area contributed by atoms with Gasteiger partial charge in [0.05, 0.1) is 29.4 Å². The average Bonchev–Trinajstić information content (AvgIpc) is 2.60. The number of hydrogen-bond acceptors (Lipinski definition) is 6. The molecule has 24 heavy (non-hydrogen) atoms. The quantitative estimate of drug-likeness (QED) is 0.495. The Morgan fingerprint density at radius 3 is 2.50 bits per heavy atom. The zero-order valence-corrected chi connectivity index (χ0v) is 12.7. The number of nitro groups is 1. The molecule has 0 unspecified atom stereocenters. The first-order valence-corrected chi connectivity index (χ1v) is 6.85. The van der Waals surface area contributed by atoms with Crippen LogP contribution in [-0.2, 0) is 9.53 Å². The number of rotatable bonds is 6. The summed E-state index contributed by atoms with van der Waals surface area (Å²) in [5.41, 5.74) is 0.405. The van der Waals surface area contributed by atoms with Crippen LogP contribution in [0, 0.1) is 10.1 Å². The van der Waals surface area contributed by atoms with Gasteiger partial charge in [0, 0.05) is 6.07 Å². The number of hydrogen-bond donors (Lipinski definition) is 1. The molecular weight excluding hydrogens is 316 g/mol. The predicted octanol–water partition coefficient (Wildman–Crippen LogP) is 2.40. The van der Waals surface area contributed by atoms with Crippen molar-refractivity contribution in [3.63, 3.8) is 0 Å². The van der Waals surface area contributed by atoms with Crippen LogP contribution in [0.2, 0.25) is 0 Å². The number of esters is 1. The van der Waals surface area contributed by atoms with Gasteiger partial charge in [-0.25, -0.2) is 4.79 Å². The lowest BCUT2D eigenvalue weighted by Gasteiger charge is -2.10. The van der Waals surface area contributed by atoms with Crippen molar-refractivity contribution in [1.29, 1.82) is 0 Å². The van der Waals surface area contributed by atoms with Crippen LogP contribution < -0.4 is 10.1 Å². The van der Waals surface area contributed by atoms with Gasteiger partial charge in [-0.1, -0.05) is 18.2 Å². The minimum atomic E-state index is -0.624. The van der Waals surface area contributed by atoms with Gasteiger partial charge in [0.2, 0.25) is 0 Å². The first-order valence-electron chi connectivity index (χ1n) is 6.85. The summed E-state index contributed by atoms with van der Waals surface area (Å²) in [5.74, 6) is -1.08. The monoisotopic (exact) mass is 330 g/mol. The maximum atomic E-state index is 11.9. The van der Waals surface area contributed by atoms with E-state index < -0.39 is 23.4 Å². The molecule has 0 heterocycles. The van der Waals surface area contributed by atoms with Gasteiger partial charge >= 0.3 is 5.97 Å². The van der Waals surface area contributed by atoms with Gasteiger partial charge in [0.25, 0.3) is 11.6 Å². The van der Waals surface area contributed by atoms with Gasteiger partial charge in [-0.15, -0.1) is 0 Å². The number of methoxy groups -OCH3 is 1. The van der Waals surface area contributed by atoms with Crippen LogP contribution >= 0.6 is 0 Å². The van der Waals surface area contributed by atoms with Crippen molar-refractivity contribution in [2.24, 2.45) is 0 Å². The van der Waals surface area contributed by atoms with E-state index in [1.807, 2.05) is 0 Å². The van der Waals surface area contributed by atoms with Crippen molar-refractivity contribution in [2.45, 2.75) is 0 Å². The molecule has 0 aromatic heterocycles. The lowest BCUT2D eigenvalue weighted by molar-refractivity contribution is -0.384. The fraction of sp³-hybridized carbons (Fsp3) is 0.125. The van der Waals surface area contributed by atoms with Crippen molar-refractivity contribution in [1.82, 2.24) is 0 Å². The highest BCUT2D eigenvalue weighted by atomic mass is 16.6. The molecule has 8 heteroatoms. The van der Waals surface area contributed by atoms with Crippen molar-refractivity contribution in [3.8, 4) is 5.75 Å². The van der Waals surface area contributed by atoms with E-state index >= 15 is 0 Å². The van der Waals surface area contributed by atoms with Gasteiger partial charge in [0.1, 0.15) is 5.75 Å². The predicted molar refractivity (Wildman–Crippen MR) is 85.0 cm³/mol. The second kappa shape index (κ2) is 7.73. The first kappa shape index (κ1) is 16.9. The largest absolute Gasteiger partial charge is 0.494 e. The van der Waals surface area contributed by atoms with Crippen molar-refractivity contribution < 1.29 is 24.0 Å². The summed E-state index contributed by atoms with van der Waals surface area (Å²) in [6, 6.07) is 12.0. The van der Waals surface area contributed by atoms with E-state index in [4.69, 9.17) is 9.47 Å². The molecule has 0 bridgehead atoms. The number of nitrogens with zero attached hydrogens (tertiary/aromatic N) is 1. The number of nitrogens with one attached hydrogen (secondary N) is 1. The first-order chi connectivity index (χ1) is 11.5. The zero-order valence-electron chi connectivity index (χ0n) is 12.7. The fourth-order valence-electron chi connectivity index (χ4n) is 1.87. The number of carbonyl (C=O) groups excluding carboxylic acids is 2. The number of ether oxygens (including phenoxy) is 2. The summed E-state index contributed by atoms with van der Waals surface area (Å²) >= 11 is 0. The fourth-order valence-corrected chi connectivity index (χ4v) is 1.87. The molecule has 0 radical (unpaired) electrons. The van der Waals surface area contributed by atoms with Crippen LogP contribution in [0.15, 0.2) is 48.5 Å². The Balaban J connectivity index is 1.97. The third-order valence-electron chi connectivity index (χ3n) is 3.01. The van der Waals surface area contributed by atoms with E-state index in [2.05, 4.69) is 5.32 Å². The molecule has 0 fully saturated rings. The van der Waals surface area contributed by atoms with E-state index in [1.165, 1.54) is 25.3 Å². The molecule has 0 aliphatic rings. The third kappa shape index (κ3) is 4.29. The lowest BCUT2D eigenvalue weighted by Crippen LogP contribution is -2.21. The summed E-state index contributed by atoms with van der Waals surface area (Å²) in [7, 11) is 1.32. The molecule has 0 atom stereocenters. The highest BCUT2D eigenvalue weighted by Crippen LogP contribution is 2.28. The second-order valence-corrected chi connectivity index (χ2v) is 4.63. The molecular formula is C16H14N2O6. The second-order valence-electron chi connectivity index (χ2n) is 4.63.